The number of hydrogen-bond donors (Lipinski definition) is 4. The number of carbonyl (C=O) groups excluding carboxylic acids is 1. The van der Waals surface area contributed by atoms with Crippen LogP contribution in [0.5, 0.6) is 0 Å². The van der Waals surface area contributed by atoms with E-state index in [4.69, 9.17) is 5.11 Å². The fourth-order valence-corrected chi connectivity index (χ4v) is 1.71. The van der Waals surface area contributed by atoms with Crippen molar-refractivity contribution in [2.45, 2.75) is 6.10 Å². The SMILES string of the molecule is O=C(Nc1cccnc1)c1cccc(NCC(O)CO)c1. The van der Waals surface area contributed by atoms with Crippen molar-refractivity contribution >= 4 is 17.3 Å². The summed E-state index contributed by atoms with van der Waals surface area (Å²) in [6.07, 6.45) is 2.36. The number of carbonyl (C=O) groups is 1. The first-order chi connectivity index (χ1) is 10.2. The second-order valence-corrected chi connectivity index (χ2v) is 4.49. The summed E-state index contributed by atoms with van der Waals surface area (Å²) in [6, 6.07) is 10.4. The van der Waals surface area contributed by atoms with Crippen molar-refractivity contribution in [1.29, 1.82) is 0 Å². The Kier molecular flexibility index (Phi) is 5.25. The first-order valence-corrected chi connectivity index (χ1v) is 6.53. The van der Waals surface area contributed by atoms with Gasteiger partial charge in [0.15, 0.2) is 0 Å². The second kappa shape index (κ2) is 7.37. The lowest BCUT2D eigenvalue weighted by molar-refractivity contribution is 0.102. The van der Waals surface area contributed by atoms with Crippen molar-refractivity contribution in [2.24, 2.45) is 0 Å². The first kappa shape index (κ1) is 15.0. The topological polar surface area (TPSA) is 94.5 Å². The fraction of sp³-hybridized carbons (Fsp3) is 0.200. The van der Waals surface area contributed by atoms with E-state index in [0.29, 0.717) is 16.9 Å². The third-order valence-electron chi connectivity index (χ3n) is 2.80. The van der Waals surface area contributed by atoms with Crippen molar-refractivity contribution < 1.29 is 15.0 Å². The van der Waals surface area contributed by atoms with Gasteiger partial charge in [0.1, 0.15) is 0 Å². The quantitative estimate of drug-likeness (QED) is 0.638. The summed E-state index contributed by atoms with van der Waals surface area (Å²) in [4.78, 5) is 16.0. The van der Waals surface area contributed by atoms with Gasteiger partial charge in [0.2, 0.25) is 0 Å². The van der Waals surface area contributed by atoms with Crippen molar-refractivity contribution in [2.75, 3.05) is 23.8 Å². The van der Waals surface area contributed by atoms with Gasteiger partial charge in [-0.25, -0.2) is 0 Å². The molecule has 0 aliphatic carbocycles. The molecule has 0 bridgehead atoms. The van der Waals surface area contributed by atoms with Crippen LogP contribution in [0, 0.1) is 0 Å². The van der Waals surface area contributed by atoms with Crippen molar-refractivity contribution in [3.8, 4) is 0 Å². The van der Waals surface area contributed by atoms with Crippen LogP contribution < -0.4 is 10.6 Å². The number of rotatable bonds is 6. The number of amides is 1. The molecule has 6 nitrogen and oxygen atoms in total. The summed E-state index contributed by atoms with van der Waals surface area (Å²) in [5.41, 5.74) is 1.81. The van der Waals surface area contributed by atoms with E-state index in [1.807, 2.05) is 0 Å². The van der Waals surface area contributed by atoms with Crippen LogP contribution in [0.2, 0.25) is 0 Å². The highest BCUT2D eigenvalue weighted by molar-refractivity contribution is 6.04. The molecule has 2 rings (SSSR count). The Morgan fingerprint density at radius 2 is 2.05 bits per heavy atom. The number of hydrogen-bond acceptors (Lipinski definition) is 5. The third kappa shape index (κ3) is 4.55. The molecule has 1 heterocycles. The number of aromatic nitrogens is 1. The average Bonchev–Trinajstić information content (AvgIpc) is 2.53. The van der Waals surface area contributed by atoms with E-state index in [9.17, 15) is 9.90 Å². The third-order valence-corrected chi connectivity index (χ3v) is 2.80. The Morgan fingerprint density at radius 1 is 1.24 bits per heavy atom. The van der Waals surface area contributed by atoms with Gasteiger partial charge in [-0.2, -0.15) is 0 Å². The van der Waals surface area contributed by atoms with Crippen LogP contribution in [0.25, 0.3) is 0 Å². The molecule has 0 spiro atoms. The van der Waals surface area contributed by atoms with Gasteiger partial charge in [0, 0.05) is 24.0 Å². The van der Waals surface area contributed by atoms with E-state index in [2.05, 4.69) is 15.6 Å². The van der Waals surface area contributed by atoms with E-state index in [1.165, 1.54) is 0 Å². The smallest absolute Gasteiger partial charge is 0.255 e. The largest absolute Gasteiger partial charge is 0.394 e. The Labute approximate surface area is 122 Å². The van der Waals surface area contributed by atoms with Crippen molar-refractivity contribution in [3.05, 3.63) is 54.4 Å². The van der Waals surface area contributed by atoms with E-state index >= 15 is 0 Å². The summed E-state index contributed by atoms with van der Waals surface area (Å²) < 4.78 is 0. The maximum absolute atomic E-state index is 12.1. The van der Waals surface area contributed by atoms with Gasteiger partial charge in [-0.3, -0.25) is 9.78 Å². The number of anilines is 2. The number of pyridine rings is 1. The minimum atomic E-state index is -0.835. The predicted molar refractivity (Wildman–Crippen MR) is 80.2 cm³/mol. The highest BCUT2D eigenvalue weighted by Gasteiger charge is 2.07. The van der Waals surface area contributed by atoms with Gasteiger partial charge in [0.05, 0.1) is 24.6 Å². The number of nitrogens with one attached hydrogen (secondary N) is 2. The summed E-state index contributed by atoms with van der Waals surface area (Å²) in [7, 11) is 0. The van der Waals surface area contributed by atoms with Crippen molar-refractivity contribution in [1.82, 2.24) is 4.98 Å². The number of benzene rings is 1. The lowest BCUT2D eigenvalue weighted by Crippen LogP contribution is -2.23. The van der Waals surface area contributed by atoms with Crippen LogP contribution >= 0.6 is 0 Å². The average molecular weight is 287 g/mol. The molecular weight excluding hydrogens is 270 g/mol. The van der Waals surface area contributed by atoms with Crippen LogP contribution in [0.15, 0.2) is 48.8 Å². The van der Waals surface area contributed by atoms with Gasteiger partial charge in [-0.1, -0.05) is 6.07 Å². The molecule has 1 atom stereocenters. The van der Waals surface area contributed by atoms with Crippen LogP contribution in [-0.4, -0.2) is 40.4 Å². The Morgan fingerprint density at radius 3 is 2.76 bits per heavy atom. The molecular formula is C15H17N3O3. The molecule has 1 unspecified atom stereocenters. The maximum Gasteiger partial charge on any atom is 0.255 e. The molecule has 21 heavy (non-hydrogen) atoms. The van der Waals surface area contributed by atoms with Crippen LogP contribution in [-0.2, 0) is 0 Å². The molecule has 2 aromatic rings. The lowest BCUT2D eigenvalue weighted by atomic mass is 10.2. The first-order valence-electron chi connectivity index (χ1n) is 6.53. The monoisotopic (exact) mass is 287 g/mol. The Hall–Kier alpha value is -2.44. The van der Waals surface area contributed by atoms with Crippen LogP contribution in [0.1, 0.15) is 10.4 Å². The summed E-state index contributed by atoms with van der Waals surface area (Å²) >= 11 is 0. The highest BCUT2D eigenvalue weighted by atomic mass is 16.3. The van der Waals surface area contributed by atoms with Gasteiger partial charge in [0.25, 0.3) is 5.91 Å². The van der Waals surface area contributed by atoms with Gasteiger partial charge in [-0.05, 0) is 30.3 Å². The molecule has 110 valence electrons. The van der Waals surface area contributed by atoms with E-state index < -0.39 is 6.10 Å². The number of aliphatic hydroxyl groups is 2. The molecule has 0 saturated carbocycles. The molecule has 4 N–H and O–H groups in total. The van der Waals surface area contributed by atoms with Gasteiger partial charge in [-0.15, -0.1) is 0 Å². The van der Waals surface area contributed by atoms with E-state index in [0.717, 1.165) is 0 Å². The van der Waals surface area contributed by atoms with E-state index in [1.54, 1.807) is 48.8 Å². The number of nitrogens with zero attached hydrogens (tertiary/aromatic N) is 1. The van der Waals surface area contributed by atoms with Crippen LogP contribution in [0.4, 0.5) is 11.4 Å². The van der Waals surface area contributed by atoms with Gasteiger partial charge >= 0.3 is 0 Å². The zero-order valence-corrected chi connectivity index (χ0v) is 11.4. The summed E-state index contributed by atoms with van der Waals surface area (Å²) in [5.74, 6) is -0.241. The fourth-order valence-electron chi connectivity index (χ4n) is 1.71. The molecule has 1 aromatic carbocycles. The molecule has 0 aliphatic rings. The molecule has 1 aromatic heterocycles. The molecule has 0 radical (unpaired) electrons. The van der Waals surface area contributed by atoms with Crippen molar-refractivity contribution in [3.63, 3.8) is 0 Å². The minimum absolute atomic E-state index is 0.212. The zero-order chi connectivity index (χ0) is 15.1. The van der Waals surface area contributed by atoms with Crippen LogP contribution in [0.3, 0.4) is 0 Å². The van der Waals surface area contributed by atoms with Gasteiger partial charge < -0.3 is 20.8 Å². The lowest BCUT2D eigenvalue weighted by Gasteiger charge is -2.11. The molecule has 1 amide bonds. The molecule has 0 saturated heterocycles. The second-order valence-electron chi connectivity index (χ2n) is 4.49. The highest BCUT2D eigenvalue weighted by Crippen LogP contribution is 2.13. The Balaban J connectivity index is 2.01. The molecule has 6 heteroatoms. The maximum atomic E-state index is 12.1. The number of aliphatic hydroxyl groups excluding tert-OH is 2. The minimum Gasteiger partial charge on any atom is -0.394 e. The van der Waals surface area contributed by atoms with E-state index in [-0.39, 0.29) is 19.1 Å². The Bertz CT molecular complexity index is 590. The normalized spacial score (nSPS) is 11.7. The summed E-state index contributed by atoms with van der Waals surface area (Å²) in [5, 5.41) is 23.7. The standard InChI is InChI=1S/C15H17N3O3/c19-10-14(20)9-17-12-4-1-3-11(7-12)15(21)18-13-5-2-6-16-8-13/h1-8,14,17,19-20H,9-10H2,(H,18,21). The zero-order valence-electron chi connectivity index (χ0n) is 11.4. The summed E-state index contributed by atoms with van der Waals surface area (Å²) in [6.45, 7) is -0.0988. The predicted octanol–water partition coefficient (Wildman–Crippen LogP) is 1.10. The molecule has 0 aliphatic heterocycles. The molecule has 0 fully saturated rings.